The van der Waals surface area contributed by atoms with E-state index in [4.69, 9.17) is 9.15 Å². The number of nitrogens with one attached hydrogen (secondary N) is 2. The molecule has 2 N–H and O–H groups in total. The van der Waals surface area contributed by atoms with Crippen LogP contribution in [-0.4, -0.2) is 36.0 Å². The van der Waals surface area contributed by atoms with E-state index in [1.165, 1.54) is 12.8 Å². The van der Waals surface area contributed by atoms with E-state index in [0.29, 0.717) is 23.9 Å². The number of nitrogens with zero attached hydrogens (tertiary/aromatic N) is 2. The molecule has 0 aromatic carbocycles. The maximum atomic E-state index is 5.58. The summed E-state index contributed by atoms with van der Waals surface area (Å²) in [4.78, 5) is 0. The largest absolute Gasteiger partial charge is 0.407 e. The summed E-state index contributed by atoms with van der Waals surface area (Å²) in [5, 5.41) is 14.6. The highest BCUT2D eigenvalue weighted by atomic mass is 16.5. The van der Waals surface area contributed by atoms with Crippen molar-refractivity contribution < 1.29 is 9.15 Å². The van der Waals surface area contributed by atoms with Crippen molar-refractivity contribution in [2.75, 3.05) is 25.6 Å². The van der Waals surface area contributed by atoms with Gasteiger partial charge in [-0.15, -0.1) is 5.10 Å². The molecule has 114 valence electrons. The molecule has 0 radical (unpaired) electrons. The van der Waals surface area contributed by atoms with Crippen LogP contribution in [0.5, 0.6) is 0 Å². The fourth-order valence-electron chi connectivity index (χ4n) is 2.01. The molecule has 0 aliphatic heterocycles. The minimum Gasteiger partial charge on any atom is -0.407 e. The fraction of sp³-hybridized carbons (Fsp3) is 0.857. The van der Waals surface area contributed by atoms with Crippen LogP contribution < -0.4 is 10.6 Å². The molecule has 0 amide bonds. The molecule has 6 heteroatoms. The molecule has 0 spiro atoms. The zero-order chi connectivity index (χ0) is 14.6. The van der Waals surface area contributed by atoms with E-state index in [0.717, 1.165) is 19.6 Å². The van der Waals surface area contributed by atoms with Crippen LogP contribution in [0.15, 0.2) is 4.42 Å². The Morgan fingerprint density at radius 1 is 1.30 bits per heavy atom. The van der Waals surface area contributed by atoms with Gasteiger partial charge in [0.25, 0.3) is 0 Å². The lowest BCUT2D eigenvalue weighted by atomic mass is 10.0. The van der Waals surface area contributed by atoms with Crippen molar-refractivity contribution in [1.29, 1.82) is 0 Å². The van der Waals surface area contributed by atoms with Crippen LogP contribution in [0.3, 0.4) is 0 Å². The van der Waals surface area contributed by atoms with Crippen molar-refractivity contribution in [2.24, 2.45) is 5.41 Å². The van der Waals surface area contributed by atoms with Gasteiger partial charge < -0.3 is 19.8 Å². The van der Waals surface area contributed by atoms with Crippen molar-refractivity contribution in [3.05, 3.63) is 5.89 Å². The van der Waals surface area contributed by atoms with Gasteiger partial charge in [0.2, 0.25) is 5.89 Å². The first-order valence-electron chi connectivity index (χ1n) is 7.23. The van der Waals surface area contributed by atoms with Crippen molar-refractivity contribution in [1.82, 2.24) is 15.5 Å². The van der Waals surface area contributed by atoms with Gasteiger partial charge >= 0.3 is 6.01 Å². The lowest BCUT2D eigenvalue weighted by Gasteiger charge is -2.18. The van der Waals surface area contributed by atoms with E-state index in [2.05, 4.69) is 41.6 Å². The van der Waals surface area contributed by atoms with E-state index in [1.807, 2.05) is 0 Å². The predicted molar refractivity (Wildman–Crippen MR) is 77.5 cm³/mol. The average Bonchev–Trinajstić information content (AvgIpc) is 3.01. The number of anilines is 1. The molecule has 1 aliphatic carbocycles. The summed E-state index contributed by atoms with van der Waals surface area (Å²) in [7, 11) is 1.75. The first kappa shape index (κ1) is 15.3. The van der Waals surface area contributed by atoms with E-state index >= 15 is 0 Å². The van der Waals surface area contributed by atoms with Crippen LogP contribution >= 0.6 is 0 Å². The maximum absolute atomic E-state index is 5.58. The molecule has 1 aromatic heterocycles. The van der Waals surface area contributed by atoms with Gasteiger partial charge in [0.1, 0.15) is 0 Å². The average molecular weight is 282 g/mol. The Balaban J connectivity index is 1.76. The lowest BCUT2D eigenvalue weighted by Crippen LogP contribution is -2.35. The second-order valence-corrected chi connectivity index (χ2v) is 6.70. The fourth-order valence-corrected chi connectivity index (χ4v) is 2.01. The number of rotatable bonds is 8. The third-order valence-corrected chi connectivity index (χ3v) is 3.65. The number of hydrogen-bond acceptors (Lipinski definition) is 6. The van der Waals surface area contributed by atoms with Gasteiger partial charge in [-0.3, -0.25) is 0 Å². The molecule has 2 rings (SSSR count). The molecule has 0 saturated heterocycles. The molecule has 0 atom stereocenters. The first-order chi connectivity index (χ1) is 9.42. The van der Waals surface area contributed by atoms with E-state index in [-0.39, 0.29) is 5.54 Å². The first-order valence-corrected chi connectivity index (χ1v) is 7.23. The molecule has 1 saturated carbocycles. The Kier molecular flexibility index (Phi) is 4.65. The molecule has 1 heterocycles. The maximum Gasteiger partial charge on any atom is 0.315 e. The predicted octanol–water partition coefficient (Wildman–Crippen LogP) is 2.19. The van der Waals surface area contributed by atoms with Crippen molar-refractivity contribution in [3.63, 3.8) is 0 Å². The Morgan fingerprint density at radius 3 is 2.65 bits per heavy atom. The standard InChI is InChI=1S/C14H26N4O2/c1-13(2,3)16-9-11-17-18-12(20-11)15-10-14(5-6-14)7-8-19-4/h16H,5-10H2,1-4H3,(H,15,18). The second kappa shape index (κ2) is 6.10. The topological polar surface area (TPSA) is 72.2 Å². The van der Waals surface area contributed by atoms with Crippen molar-refractivity contribution >= 4 is 6.01 Å². The summed E-state index contributed by atoms with van der Waals surface area (Å²) in [6.45, 7) is 8.60. The highest BCUT2D eigenvalue weighted by Gasteiger charge is 2.42. The molecule has 0 bridgehead atoms. The van der Waals surface area contributed by atoms with Gasteiger partial charge in [0.15, 0.2) is 0 Å². The molecular formula is C14H26N4O2. The van der Waals surface area contributed by atoms with Crippen LogP contribution in [0.2, 0.25) is 0 Å². The Hall–Kier alpha value is -1.14. The quantitative estimate of drug-likeness (QED) is 0.761. The number of methoxy groups -OCH3 is 1. The second-order valence-electron chi connectivity index (χ2n) is 6.70. The van der Waals surface area contributed by atoms with E-state index in [9.17, 15) is 0 Å². The highest BCUT2D eigenvalue weighted by molar-refractivity contribution is 5.19. The van der Waals surface area contributed by atoms with Gasteiger partial charge in [0.05, 0.1) is 6.54 Å². The third kappa shape index (κ3) is 4.76. The molecule has 6 nitrogen and oxygen atoms in total. The Morgan fingerprint density at radius 2 is 2.05 bits per heavy atom. The minimum atomic E-state index is 0.0419. The summed E-state index contributed by atoms with van der Waals surface area (Å²) >= 11 is 0. The van der Waals surface area contributed by atoms with E-state index in [1.54, 1.807) is 7.11 Å². The van der Waals surface area contributed by atoms with Gasteiger partial charge in [-0.05, 0) is 45.4 Å². The van der Waals surface area contributed by atoms with Gasteiger partial charge in [-0.25, -0.2) is 0 Å². The van der Waals surface area contributed by atoms with E-state index < -0.39 is 0 Å². The van der Waals surface area contributed by atoms with Crippen molar-refractivity contribution in [2.45, 2.75) is 52.1 Å². The van der Waals surface area contributed by atoms with Crippen molar-refractivity contribution in [3.8, 4) is 0 Å². The van der Waals surface area contributed by atoms with Crippen LogP contribution in [0.25, 0.3) is 0 Å². The Labute approximate surface area is 120 Å². The molecule has 1 aliphatic rings. The van der Waals surface area contributed by atoms with Crippen LogP contribution in [0.1, 0.15) is 45.9 Å². The summed E-state index contributed by atoms with van der Waals surface area (Å²) in [5.74, 6) is 0.615. The van der Waals surface area contributed by atoms with Gasteiger partial charge in [0, 0.05) is 25.8 Å². The summed E-state index contributed by atoms with van der Waals surface area (Å²) < 4.78 is 10.7. The number of ether oxygens (including phenoxy) is 1. The molecule has 1 fully saturated rings. The minimum absolute atomic E-state index is 0.0419. The highest BCUT2D eigenvalue weighted by Crippen LogP contribution is 2.48. The van der Waals surface area contributed by atoms with Crippen LogP contribution in [0.4, 0.5) is 6.01 Å². The van der Waals surface area contributed by atoms with Gasteiger partial charge in [-0.1, -0.05) is 5.10 Å². The van der Waals surface area contributed by atoms with Crippen LogP contribution in [-0.2, 0) is 11.3 Å². The SMILES string of the molecule is COCCC1(CNc2nnc(CNC(C)(C)C)o2)CC1. The number of hydrogen-bond donors (Lipinski definition) is 2. The Bertz CT molecular complexity index is 421. The lowest BCUT2D eigenvalue weighted by molar-refractivity contribution is 0.174. The molecule has 1 aromatic rings. The number of aromatic nitrogens is 2. The monoisotopic (exact) mass is 282 g/mol. The van der Waals surface area contributed by atoms with Crippen LogP contribution in [0, 0.1) is 5.41 Å². The smallest absolute Gasteiger partial charge is 0.315 e. The summed E-state index contributed by atoms with van der Waals surface area (Å²) in [6, 6.07) is 0.513. The van der Waals surface area contributed by atoms with Gasteiger partial charge in [-0.2, -0.15) is 0 Å². The molecular weight excluding hydrogens is 256 g/mol. The molecule has 0 unspecified atom stereocenters. The zero-order valence-corrected chi connectivity index (χ0v) is 13.0. The normalized spacial score (nSPS) is 17.2. The summed E-state index contributed by atoms with van der Waals surface area (Å²) in [5.41, 5.74) is 0.411. The molecule has 20 heavy (non-hydrogen) atoms. The third-order valence-electron chi connectivity index (χ3n) is 3.65. The zero-order valence-electron chi connectivity index (χ0n) is 13.0. The summed E-state index contributed by atoms with van der Waals surface area (Å²) in [6.07, 6.45) is 3.58.